The molecule has 0 bridgehead atoms. The maximum atomic E-state index is 11.3. The van der Waals surface area contributed by atoms with Gasteiger partial charge in [0.25, 0.3) is 0 Å². The standard InChI is InChI=1S/C14H27NO2/c1-3-5-8-13(14(16)17)15-10-6-7-12(4-2)9-11-15/h12-13H,3-11H2,1-2H3,(H,16,17). The fourth-order valence-corrected chi connectivity index (χ4v) is 2.77. The van der Waals surface area contributed by atoms with Gasteiger partial charge in [-0.2, -0.15) is 0 Å². The highest BCUT2D eigenvalue weighted by Crippen LogP contribution is 2.22. The molecule has 2 unspecified atom stereocenters. The number of carboxylic acids is 1. The molecule has 1 heterocycles. The third-order valence-electron chi connectivity index (χ3n) is 4.02. The normalized spacial score (nSPS) is 24.2. The lowest BCUT2D eigenvalue weighted by Gasteiger charge is -2.27. The van der Waals surface area contributed by atoms with Crippen molar-refractivity contribution in [2.75, 3.05) is 13.1 Å². The molecule has 1 fully saturated rings. The summed E-state index contributed by atoms with van der Waals surface area (Å²) in [6, 6.07) is -0.245. The minimum atomic E-state index is -0.631. The van der Waals surface area contributed by atoms with E-state index in [-0.39, 0.29) is 6.04 Å². The van der Waals surface area contributed by atoms with Crippen LogP contribution in [-0.4, -0.2) is 35.1 Å². The lowest BCUT2D eigenvalue weighted by atomic mass is 9.98. The van der Waals surface area contributed by atoms with E-state index in [9.17, 15) is 9.90 Å². The Kier molecular flexibility index (Phi) is 6.56. The van der Waals surface area contributed by atoms with Gasteiger partial charge in [0.1, 0.15) is 6.04 Å². The third kappa shape index (κ3) is 4.66. The molecule has 0 aromatic heterocycles. The predicted octanol–water partition coefficient (Wildman–Crippen LogP) is 3.14. The van der Waals surface area contributed by atoms with Crippen molar-refractivity contribution in [1.29, 1.82) is 0 Å². The van der Waals surface area contributed by atoms with Crippen molar-refractivity contribution in [3.05, 3.63) is 0 Å². The molecule has 3 nitrogen and oxygen atoms in total. The highest BCUT2D eigenvalue weighted by Gasteiger charge is 2.26. The first-order chi connectivity index (χ1) is 8.19. The average Bonchev–Trinajstić information content (AvgIpc) is 2.54. The smallest absolute Gasteiger partial charge is 0.320 e. The van der Waals surface area contributed by atoms with Gasteiger partial charge in [-0.25, -0.2) is 0 Å². The van der Waals surface area contributed by atoms with Crippen LogP contribution in [0, 0.1) is 5.92 Å². The minimum absolute atomic E-state index is 0.245. The number of aliphatic carboxylic acids is 1. The first-order valence-corrected chi connectivity index (χ1v) is 7.15. The van der Waals surface area contributed by atoms with Crippen molar-refractivity contribution in [3.8, 4) is 0 Å². The van der Waals surface area contributed by atoms with Crippen LogP contribution in [0.15, 0.2) is 0 Å². The predicted molar refractivity (Wildman–Crippen MR) is 70.2 cm³/mol. The Morgan fingerprint density at radius 2 is 2.12 bits per heavy atom. The van der Waals surface area contributed by atoms with Gasteiger partial charge in [0.05, 0.1) is 0 Å². The van der Waals surface area contributed by atoms with E-state index >= 15 is 0 Å². The third-order valence-corrected chi connectivity index (χ3v) is 4.02. The Labute approximate surface area is 105 Å². The maximum Gasteiger partial charge on any atom is 0.320 e. The quantitative estimate of drug-likeness (QED) is 0.776. The molecule has 3 heteroatoms. The van der Waals surface area contributed by atoms with Gasteiger partial charge in [-0.3, -0.25) is 9.69 Å². The molecule has 0 radical (unpaired) electrons. The van der Waals surface area contributed by atoms with E-state index in [2.05, 4.69) is 18.7 Å². The van der Waals surface area contributed by atoms with Crippen molar-refractivity contribution in [1.82, 2.24) is 4.90 Å². The summed E-state index contributed by atoms with van der Waals surface area (Å²) < 4.78 is 0. The second kappa shape index (κ2) is 7.70. The van der Waals surface area contributed by atoms with Gasteiger partial charge in [0.2, 0.25) is 0 Å². The lowest BCUT2D eigenvalue weighted by Crippen LogP contribution is -2.41. The summed E-state index contributed by atoms with van der Waals surface area (Å²) in [5.74, 6) is 0.175. The van der Waals surface area contributed by atoms with E-state index in [0.717, 1.165) is 44.7 Å². The second-order valence-electron chi connectivity index (χ2n) is 5.24. The van der Waals surface area contributed by atoms with E-state index in [4.69, 9.17) is 0 Å². The highest BCUT2D eigenvalue weighted by molar-refractivity contribution is 5.73. The van der Waals surface area contributed by atoms with Crippen molar-refractivity contribution in [3.63, 3.8) is 0 Å². The van der Waals surface area contributed by atoms with E-state index in [1.807, 2.05) is 0 Å². The maximum absolute atomic E-state index is 11.3. The van der Waals surface area contributed by atoms with E-state index < -0.39 is 5.97 Å². The zero-order valence-corrected chi connectivity index (χ0v) is 11.3. The van der Waals surface area contributed by atoms with Crippen LogP contribution in [-0.2, 0) is 4.79 Å². The number of rotatable bonds is 6. The van der Waals surface area contributed by atoms with Crippen LogP contribution in [0.3, 0.4) is 0 Å². The van der Waals surface area contributed by atoms with Gasteiger partial charge < -0.3 is 5.11 Å². The van der Waals surface area contributed by atoms with Crippen LogP contribution in [0.25, 0.3) is 0 Å². The Balaban J connectivity index is 2.52. The van der Waals surface area contributed by atoms with Gasteiger partial charge in [-0.15, -0.1) is 0 Å². The average molecular weight is 241 g/mol. The molecule has 0 amide bonds. The van der Waals surface area contributed by atoms with Gasteiger partial charge >= 0.3 is 5.97 Å². The Bertz CT molecular complexity index is 230. The largest absolute Gasteiger partial charge is 0.480 e. The van der Waals surface area contributed by atoms with Gasteiger partial charge in [0, 0.05) is 0 Å². The summed E-state index contributed by atoms with van der Waals surface area (Å²) in [5.41, 5.74) is 0. The number of nitrogens with zero attached hydrogens (tertiary/aromatic N) is 1. The number of likely N-dealkylation sites (tertiary alicyclic amines) is 1. The fourth-order valence-electron chi connectivity index (χ4n) is 2.77. The zero-order valence-electron chi connectivity index (χ0n) is 11.3. The molecule has 0 aromatic carbocycles. The summed E-state index contributed by atoms with van der Waals surface area (Å²) in [5, 5.41) is 9.33. The highest BCUT2D eigenvalue weighted by atomic mass is 16.4. The van der Waals surface area contributed by atoms with Crippen LogP contribution < -0.4 is 0 Å². The molecular formula is C14H27NO2. The van der Waals surface area contributed by atoms with E-state index in [1.165, 1.54) is 19.3 Å². The number of hydrogen-bond acceptors (Lipinski definition) is 2. The lowest BCUT2D eigenvalue weighted by molar-refractivity contribution is -0.143. The van der Waals surface area contributed by atoms with Gasteiger partial charge in [-0.05, 0) is 44.7 Å². The molecule has 1 N–H and O–H groups in total. The van der Waals surface area contributed by atoms with Crippen LogP contribution in [0.4, 0.5) is 0 Å². The fraction of sp³-hybridized carbons (Fsp3) is 0.929. The van der Waals surface area contributed by atoms with Crippen molar-refractivity contribution in [2.45, 2.75) is 64.8 Å². The van der Waals surface area contributed by atoms with E-state index in [0.29, 0.717) is 0 Å². The summed E-state index contributed by atoms with van der Waals surface area (Å²) in [6.45, 7) is 6.30. The van der Waals surface area contributed by atoms with Crippen LogP contribution in [0.2, 0.25) is 0 Å². The van der Waals surface area contributed by atoms with Crippen LogP contribution in [0.1, 0.15) is 58.8 Å². The summed E-state index contributed by atoms with van der Waals surface area (Å²) >= 11 is 0. The minimum Gasteiger partial charge on any atom is -0.480 e. The van der Waals surface area contributed by atoms with Crippen molar-refractivity contribution >= 4 is 5.97 Å². The number of unbranched alkanes of at least 4 members (excludes halogenated alkanes) is 1. The molecule has 1 aliphatic rings. The molecule has 2 atom stereocenters. The summed E-state index contributed by atoms with van der Waals surface area (Å²) in [4.78, 5) is 13.5. The van der Waals surface area contributed by atoms with E-state index in [1.54, 1.807) is 0 Å². The molecule has 0 saturated carbocycles. The second-order valence-corrected chi connectivity index (χ2v) is 5.24. The van der Waals surface area contributed by atoms with Crippen LogP contribution in [0.5, 0.6) is 0 Å². The first kappa shape index (κ1) is 14.5. The molecular weight excluding hydrogens is 214 g/mol. The molecule has 100 valence electrons. The Morgan fingerprint density at radius 3 is 2.71 bits per heavy atom. The number of carbonyl (C=O) groups is 1. The van der Waals surface area contributed by atoms with Crippen molar-refractivity contribution in [2.24, 2.45) is 5.92 Å². The zero-order chi connectivity index (χ0) is 12.7. The SMILES string of the molecule is CCCCC(C(=O)O)N1CCCC(CC)CC1. The molecule has 0 spiro atoms. The molecule has 1 aliphatic heterocycles. The van der Waals surface area contributed by atoms with Gasteiger partial charge in [-0.1, -0.05) is 33.1 Å². The number of hydrogen-bond donors (Lipinski definition) is 1. The molecule has 17 heavy (non-hydrogen) atoms. The topological polar surface area (TPSA) is 40.5 Å². The Morgan fingerprint density at radius 1 is 1.35 bits per heavy atom. The summed E-state index contributed by atoms with van der Waals surface area (Å²) in [6.07, 6.45) is 7.75. The Hall–Kier alpha value is -0.570. The van der Waals surface area contributed by atoms with Crippen molar-refractivity contribution < 1.29 is 9.90 Å². The van der Waals surface area contributed by atoms with Gasteiger partial charge in [0.15, 0.2) is 0 Å². The summed E-state index contributed by atoms with van der Waals surface area (Å²) in [7, 11) is 0. The van der Waals surface area contributed by atoms with Crippen LogP contribution >= 0.6 is 0 Å². The molecule has 1 saturated heterocycles. The molecule has 0 aromatic rings. The first-order valence-electron chi connectivity index (χ1n) is 7.15. The molecule has 1 rings (SSSR count). The number of carboxylic acid groups (broad SMARTS) is 1. The monoisotopic (exact) mass is 241 g/mol. The molecule has 0 aliphatic carbocycles.